The summed E-state index contributed by atoms with van der Waals surface area (Å²) in [5, 5.41) is 14.5. The number of carboxylic acid groups (broad SMARTS) is 1. The van der Waals surface area contributed by atoms with Gasteiger partial charge in [0.05, 0.1) is 11.3 Å². The molecule has 0 saturated heterocycles. The van der Waals surface area contributed by atoms with Crippen LogP contribution in [0.5, 0.6) is 0 Å². The number of fused-ring (bicyclic) bond motifs is 1. The SMILES string of the molecule is Cc1cccc(C)c1-c1c(C)nn2c(C3CCCCC3)cc(C(=O)O)nc12. The predicted octanol–water partition coefficient (Wildman–Crippen LogP) is 5.07. The van der Waals surface area contributed by atoms with Crippen LogP contribution >= 0.6 is 0 Å². The van der Waals surface area contributed by atoms with Crippen molar-refractivity contribution in [2.24, 2.45) is 0 Å². The molecule has 0 spiro atoms. The minimum atomic E-state index is -0.985. The van der Waals surface area contributed by atoms with Gasteiger partial charge in [0.25, 0.3) is 0 Å². The zero-order valence-electron chi connectivity index (χ0n) is 16.1. The summed E-state index contributed by atoms with van der Waals surface area (Å²) in [6.07, 6.45) is 5.77. The smallest absolute Gasteiger partial charge is 0.354 e. The van der Waals surface area contributed by atoms with Gasteiger partial charge in [-0.15, -0.1) is 0 Å². The first-order valence-corrected chi connectivity index (χ1v) is 9.67. The van der Waals surface area contributed by atoms with Crippen molar-refractivity contribution in [1.82, 2.24) is 14.6 Å². The van der Waals surface area contributed by atoms with Crippen LogP contribution in [0, 0.1) is 20.8 Å². The lowest BCUT2D eigenvalue weighted by Crippen LogP contribution is -2.13. The number of aromatic nitrogens is 3. The Balaban J connectivity index is 2.03. The number of rotatable bonds is 3. The molecule has 1 aliphatic carbocycles. The van der Waals surface area contributed by atoms with E-state index in [4.69, 9.17) is 5.10 Å². The van der Waals surface area contributed by atoms with Crippen molar-refractivity contribution in [1.29, 1.82) is 0 Å². The van der Waals surface area contributed by atoms with Crippen molar-refractivity contribution in [2.75, 3.05) is 0 Å². The summed E-state index contributed by atoms with van der Waals surface area (Å²) < 4.78 is 1.90. The monoisotopic (exact) mass is 363 g/mol. The van der Waals surface area contributed by atoms with Gasteiger partial charge in [-0.05, 0) is 56.4 Å². The zero-order valence-corrected chi connectivity index (χ0v) is 16.1. The van der Waals surface area contributed by atoms with E-state index in [1.165, 1.54) is 19.3 Å². The summed E-state index contributed by atoms with van der Waals surface area (Å²) in [6, 6.07) is 7.92. The van der Waals surface area contributed by atoms with E-state index in [1.807, 2.05) is 17.5 Å². The third kappa shape index (κ3) is 3.01. The third-order valence-corrected chi connectivity index (χ3v) is 5.77. The van der Waals surface area contributed by atoms with Gasteiger partial charge in [0.15, 0.2) is 11.3 Å². The highest BCUT2D eigenvalue weighted by Gasteiger charge is 2.25. The van der Waals surface area contributed by atoms with E-state index in [1.54, 1.807) is 6.07 Å². The predicted molar refractivity (Wildman–Crippen MR) is 105 cm³/mol. The summed E-state index contributed by atoms with van der Waals surface area (Å²) >= 11 is 0. The van der Waals surface area contributed by atoms with Crippen LogP contribution in [0.15, 0.2) is 24.3 Å². The molecule has 1 fully saturated rings. The molecule has 0 radical (unpaired) electrons. The summed E-state index contributed by atoms with van der Waals surface area (Å²) in [4.78, 5) is 16.3. The fourth-order valence-corrected chi connectivity index (χ4v) is 4.45. The number of carboxylic acids is 1. The molecule has 4 rings (SSSR count). The maximum atomic E-state index is 11.8. The fourth-order valence-electron chi connectivity index (χ4n) is 4.45. The van der Waals surface area contributed by atoms with Crippen LogP contribution < -0.4 is 0 Å². The second-order valence-electron chi connectivity index (χ2n) is 7.67. The van der Waals surface area contributed by atoms with Crippen molar-refractivity contribution in [3.05, 3.63) is 52.5 Å². The van der Waals surface area contributed by atoms with Crippen LogP contribution in [-0.2, 0) is 0 Å². The van der Waals surface area contributed by atoms with E-state index in [0.29, 0.717) is 11.6 Å². The number of aryl methyl sites for hydroxylation is 3. The van der Waals surface area contributed by atoms with E-state index in [0.717, 1.165) is 46.5 Å². The Labute approximate surface area is 159 Å². The Morgan fingerprint density at radius 1 is 1.07 bits per heavy atom. The summed E-state index contributed by atoms with van der Waals surface area (Å²) in [5.74, 6) is -0.645. The molecule has 1 saturated carbocycles. The van der Waals surface area contributed by atoms with Crippen molar-refractivity contribution in [2.45, 2.75) is 58.8 Å². The maximum absolute atomic E-state index is 11.8. The van der Waals surface area contributed by atoms with Crippen LogP contribution in [0.2, 0.25) is 0 Å². The molecule has 3 aromatic rings. The lowest BCUT2D eigenvalue weighted by molar-refractivity contribution is 0.0690. The first-order valence-electron chi connectivity index (χ1n) is 9.67. The largest absolute Gasteiger partial charge is 0.477 e. The summed E-state index contributed by atoms with van der Waals surface area (Å²) in [7, 11) is 0. The second kappa shape index (κ2) is 6.80. The van der Waals surface area contributed by atoms with Gasteiger partial charge in [0, 0.05) is 11.6 Å². The number of hydrogen-bond acceptors (Lipinski definition) is 3. The molecule has 0 aliphatic heterocycles. The highest BCUT2D eigenvalue weighted by Crippen LogP contribution is 2.37. The molecular formula is C22H25N3O2. The first kappa shape index (κ1) is 17.7. The van der Waals surface area contributed by atoms with Gasteiger partial charge in [0.1, 0.15) is 0 Å². The van der Waals surface area contributed by atoms with Gasteiger partial charge >= 0.3 is 5.97 Å². The number of nitrogens with zero attached hydrogens (tertiary/aromatic N) is 3. The van der Waals surface area contributed by atoms with E-state index in [2.05, 4.69) is 31.0 Å². The molecule has 140 valence electrons. The van der Waals surface area contributed by atoms with Crippen molar-refractivity contribution < 1.29 is 9.90 Å². The lowest BCUT2D eigenvalue weighted by atomic mass is 9.86. The Bertz CT molecular complexity index is 1010. The quantitative estimate of drug-likeness (QED) is 0.705. The van der Waals surface area contributed by atoms with Gasteiger partial charge in [0.2, 0.25) is 0 Å². The highest BCUT2D eigenvalue weighted by atomic mass is 16.4. The summed E-state index contributed by atoms with van der Waals surface area (Å²) in [6.45, 7) is 6.14. The molecule has 1 aromatic carbocycles. The zero-order chi connectivity index (χ0) is 19.1. The van der Waals surface area contributed by atoms with Gasteiger partial charge in [-0.1, -0.05) is 37.5 Å². The Morgan fingerprint density at radius 3 is 2.37 bits per heavy atom. The molecule has 0 atom stereocenters. The molecule has 5 heteroatoms. The lowest BCUT2D eigenvalue weighted by Gasteiger charge is -2.22. The molecule has 5 nitrogen and oxygen atoms in total. The van der Waals surface area contributed by atoms with Crippen molar-refractivity contribution >= 4 is 11.6 Å². The molecule has 27 heavy (non-hydrogen) atoms. The molecule has 0 unspecified atom stereocenters. The average molecular weight is 363 g/mol. The third-order valence-electron chi connectivity index (χ3n) is 5.77. The standard InChI is InChI=1S/C22H25N3O2/c1-13-8-7-9-14(2)19(13)20-15(3)24-25-18(16-10-5-4-6-11-16)12-17(22(26)27)23-21(20)25/h7-9,12,16H,4-6,10-11H2,1-3H3,(H,26,27). The molecule has 0 amide bonds. The maximum Gasteiger partial charge on any atom is 0.354 e. The Kier molecular flexibility index (Phi) is 4.46. The molecule has 1 N–H and O–H groups in total. The molecule has 1 aliphatic rings. The van der Waals surface area contributed by atoms with Gasteiger partial charge in [-0.25, -0.2) is 14.3 Å². The topological polar surface area (TPSA) is 67.5 Å². The summed E-state index contributed by atoms with van der Waals surface area (Å²) in [5.41, 5.74) is 6.99. The van der Waals surface area contributed by atoms with Crippen LogP contribution in [0.3, 0.4) is 0 Å². The van der Waals surface area contributed by atoms with Gasteiger partial charge < -0.3 is 5.11 Å². The van der Waals surface area contributed by atoms with Crippen molar-refractivity contribution in [3.63, 3.8) is 0 Å². The van der Waals surface area contributed by atoms with E-state index in [9.17, 15) is 9.90 Å². The van der Waals surface area contributed by atoms with Crippen LogP contribution in [0.4, 0.5) is 0 Å². The number of aromatic carboxylic acids is 1. The van der Waals surface area contributed by atoms with E-state index in [-0.39, 0.29) is 5.69 Å². The number of carbonyl (C=O) groups is 1. The van der Waals surface area contributed by atoms with E-state index < -0.39 is 5.97 Å². The normalized spacial score (nSPS) is 15.4. The molecule has 2 aromatic heterocycles. The Morgan fingerprint density at radius 2 is 1.74 bits per heavy atom. The highest BCUT2D eigenvalue weighted by molar-refractivity contribution is 5.89. The van der Waals surface area contributed by atoms with Crippen LogP contribution in [0.25, 0.3) is 16.8 Å². The average Bonchev–Trinajstić information content (AvgIpc) is 2.97. The second-order valence-corrected chi connectivity index (χ2v) is 7.67. The van der Waals surface area contributed by atoms with Gasteiger partial charge in [-0.3, -0.25) is 0 Å². The van der Waals surface area contributed by atoms with Gasteiger partial charge in [-0.2, -0.15) is 5.10 Å². The number of hydrogen-bond donors (Lipinski definition) is 1. The van der Waals surface area contributed by atoms with Crippen molar-refractivity contribution in [3.8, 4) is 11.1 Å². The Hall–Kier alpha value is -2.69. The first-order chi connectivity index (χ1) is 13.0. The molecule has 2 heterocycles. The van der Waals surface area contributed by atoms with Crippen LogP contribution in [-0.4, -0.2) is 25.7 Å². The molecular weight excluding hydrogens is 338 g/mol. The minimum Gasteiger partial charge on any atom is -0.477 e. The van der Waals surface area contributed by atoms with E-state index >= 15 is 0 Å². The molecule has 0 bridgehead atoms. The fraction of sp³-hybridized carbons (Fsp3) is 0.409. The minimum absolute atomic E-state index is 0.107. The van der Waals surface area contributed by atoms with Crippen LogP contribution in [0.1, 0.15) is 71.0 Å². The number of benzene rings is 1.